The molecule has 0 heterocycles. The zero-order valence-electron chi connectivity index (χ0n) is 10.3. The Balaban J connectivity index is 5.48. The summed E-state index contributed by atoms with van der Waals surface area (Å²) in [5.74, 6) is -0.609. The van der Waals surface area contributed by atoms with Gasteiger partial charge in [-0.25, -0.2) is 0 Å². The maximum atomic E-state index is 11.8. The summed E-state index contributed by atoms with van der Waals surface area (Å²) < 4.78 is 4.90. The van der Waals surface area contributed by atoms with Crippen molar-refractivity contribution in [3.05, 3.63) is 0 Å². The molecule has 0 aromatic carbocycles. The summed E-state index contributed by atoms with van der Waals surface area (Å²) in [7, 11) is 0. The normalized spacial score (nSPS) is 14.4. The topological polar surface area (TPSA) is 73.9 Å². The van der Waals surface area contributed by atoms with Gasteiger partial charge in [-0.2, -0.15) is 10.5 Å². The number of carbonyl (C=O) groups excluding carboxylic acids is 1. The van der Waals surface area contributed by atoms with Crippen molar-refractivity contribution in [3.8, 4) is 12.1 Å². The van der Waals surface area contributed by atoms with Crippen LogP contribution in [0.2, 0.25) is 0 Å². The number of ether oxygens (including phenoxy) is 1. The van der Waals surface area contributed by atoms with E-state index < -0.39 is 16.8 Å². The van der Waals surface area contributed by atoms with E-state index in [2.05, 4.69) is 6.07 Å². The molecular formula is C12H18N2O2. The lowest BCUT2D eigenvalue weighted by atomic mass is 9.63. The van der Waals surface area contributed by atoms with Gasteiger partial charge in [-0.1, -0.05) is 13.8 Å². The molecule has 0 aromatic rings. The van der Waals surface area contributed by atoms with Gasteiger partial charge in [-0.15, -0.1) is 0 Å². The Morgan fingerprint density at radius 1 is 1.19 bits per heavy atom. The molecule has 0 saturated heterocycles. The molecule has 4 nitrogen and oxygen atoms in total. The average molecular weight is 222 g/mol. The van der Waals surface area contributed by atoms with Crippen molar-refractivity contribution in [3.63, 3.8) is 0 Å². The van der Waals surface area contributed by atoms with E-state index in [-0.39, 0.29) is 6.61 Å². The Labute approximate surface area is 96.8 Å². The van der Waals surface area contributed by atoms with Gasteiger partial charge >= 0.3 is 5.97 Å². The van der Waals surface area contributed by atoms with Crippen LogP contribution in [0, 0.1) is 33.5 Å². The second-order valence-electron chi connectivity index (χ2n) is 3.86. The van der Waals surface area contributed by atoms with E-state index >= 15 is 0 Å². The summed E-state index contributed by atoms with van der Waals surface area (Å²) in [5, 5.41) is 18.5. The monoisotopic (exact) mass is 222 g/mol. The van der Waals surface area contributed by atoms with E-state index in [0.717, 1.165) is 0 Å². The van der Waals surface area contributed by atoms with Crippen LogP contribution < -0.4 is 0 Å². The van der Waals surface area contributed by atoms with Crippen LogP contribution in [-0.2, 0) is 9.53 Å². The predicted molar refractivity (Wildman–Crippen MR) is 59.0 cm³/mol. The summed E-state index contributed by atoms with van der Waals surface area (Å²) in [6, 6.07) is 4.08. The molecule has 16 heavy (non-hydrogen) atoms. The second kappa shape index (κ2) is 5.51. The number of hydrogen-bond donors (Lipinski definition) is 0. The molecule has 0 rings (SSSR count). The SMILES string of the molecule is CCOC(=O)C(C)(C#N)C(C#N)(CC)CC. The first-order valence-corrected chi connectivity index (χ1v) is 5.47. The van der Waals surface area contributed by atoms with E-state index in [4.69, 9.17) is 4.74 Å². The molecule has 0 aromatic heterocycles. The molecule has 1 atom stereocenters. The van der Waals surface area contributed by atoms with E-state index in [1.54, 1.807) is 6.92 Å². The minimum atomic E-state index is -1.40. The third-order valence-corrected chi connectivity index (χ3v) is 3.29. The summed E-state index contributed by atoms with van der Waals surface area (Å²) in [6.45, 7) is 7.00. The van der Waals surface area contributed by atoms with Crippen molar-refractivity contribution in [1.29, 1.82) is 10.5 Å². The van der Waals surface area contributed by atoms with Crippen LogP contribution in [0.15, 0.2) is 0 Å². The Kier molecular flexibility index (Phi) is 4.98. The molecular weight excluding hydrogens is 204 g/mol. The number of nitrogens with zero attached hydrogens (tertiary/aromatic N) is 2. The minimum Gasteiger partial charge on any atom is -0.465 e. The highest BCUT2D eigenvalue weighted by Gasteiger charge is 2.53. The summed E-state index contributed by atoms with van der Waals surface area (Å²) >= 11 is 0. The van der Waals surface area contributed by atoms with Gasteiger partial charge < -0.3 is 4.74 Å². The quantitative estimate of drug-likeness (QED) is 0.669. The molecule has 0 aliphatic heterocycles. The molecule has 0 aliphatic rings. The van der Waals surface area contributed by atoms with Crippen LogP contribution >= 0.6 is 0 Å². The maximum Gasteiger partial charge on any atom is 0.327 e. The summed E-state index contributed by atoms with van der Waals surface area (Å²) in [4.78, 5) is 11.8. The lowest BCUT2D eigenvalue weighted by molar-refractivity contribution is -0.156. The average Bonchev–Trinajstić information content (AvgIpc) is 2.31. The smallest absolute Gasteiger partial charge is 0.327 e. The lowest BCUT2D eigenvalue weighted by Gasteiger charge is -2.35. The van der Waals surface area contributed by atoms with Crippen LogP contribution in [0.4, 0.5) is 0 Å². The zero-order valence-corrected chi connectivity index (χ0v) is 10.3. The van der Waals surface area contributed by atoms with Crippen molar-refractivity contribution >= 4 is 5.97 Å². The fraction of sp³-hybridized carbons (Fsp3) is 0.750. The Hall–Kier alpha value is -1.55. The third-order valence-electron chi connectivity index (χ3n) is 3.29. The fourth-order valence-corrected chi connectivity index (χ4v) is 1.85. The van der Waals surface area contributed by atoms with Gasteiger partial charge in [-0.3, -0.25) is 4.79 Å². The lowest BCUT2D eigenvalue weighted by Crippen LogP contribution is -2.44. The third kappa shape index (κ3) is 2.02. The number of esters is 1. The summed E-state index contributed by atoms with van der Waals surface area (Å²) in [6.07, 6.45) is 0.895. The molecule has 0 aliphatic carbocycles. The number of carbonyl (C=O) groups is 1. The highest BCUT2D eigenvalue weighted by atomic mass is 16.5. The first-order valence-electron chi connectivity index (χ1n) is 5.47. The standard InChI is InChI=1S/C12H18N2O2/c1-5-12(6-2,9-14)11(4,8-13)10(15)16-7-3/h5-7H2,1-4H3. The molecule has 1 unspecified atom stereocenters. The van der Waals surface area contributed by atoms with Gasteiger partial charge in [0.25, 0.3) is 0 Å². The molecule has 0 N–H and O–H groups in total. The van der Waals surface area contributed by atoms with Crippen molar-refractivity contribution in [2.24, 2.45) is 10.8 Å². The molecule has 0 fully saturated rings. The highest BCUT2D eigenvalue weighted by molar-refractivity contribution is 5.81. The first kappa shape index (κ1) is 14.5. The minimum absolute atomic E-state index is 0.213. The molecule has 0 radical (unpaired) electrons. The molecule has 0 amide bonds. The van der Waals surface area contributed by atoms with Crippen LogP contribution in [0.1, 0.15) is 40.5 Å². The van der Waals surface area contributed by atoms with Gasteiger partial charge in [0, 0.05) is 0 Å². The Morgan fingerprint density at radius 3 is 1.94 bits per heavy atom. The van der Waals surface area contributed by atoms with Crippen molar-refractivity contribution in [1.82, 2.24) is 0 Å². The largest absolute Gasteiger partial charge is 0.465 e. The Morgan fingerprint density at radius 2 is 1.69 bits per heavy atom. The van der Waals surface area contributed by atoms with Gasteiger partial charge in [-0.05, 0) is 26.7 Å². The van der Waals surface area contributed by atoms with Crippen molar-refractivity contribution < 1.29 is 9.53 Å². The summed E-state index contributed by atoms with van der Waals surface area (Å²) in [5.41, 5.74) is -2.38. The van der Waals surface area contributed by atoms with E-state index in [9.17, 15) is 15.3 Å². The van der Waals surface area contributed by atoms with E-state index in [1.807, 2.05) is 19.9 Å². The number of hydrogen-bond acceptors (Lipinski definition) is 4. The maximum absolute atomic E-state index is 11.8. The van der Waals surface area contributed by atoms with Crippen LogP contribution in [0.25, 0.3) is 0 Å². The molecule has 0 spiro atoms. The number of rotatable bonds is 5. The van der Waals surface area contributed by atoms with Crippen LogP contribution in [-0.4, -0.2) is 12.6 Å². The fourth-order valence-electron chi connectivity index (χ4n) is 1.85. The first-order chi connectivity index (χ1) is 7.47. The van der Waals surface area contributed by atoms with Crippen molar-refractivity contribution in [2.45, 2.75) is 40.5 Å². The van der Waals surface area contributed by atoms with Gasteiger partial charge in [0.15, 0.2) is 5.41 Å². The van der Waals surface area contributed by atoms with Gasteiger partial charge in [0.1, 0.15) is 0 Å². The van der Waals surface area contributed by atoms with E-state index in [0.29, 0.717) is 12.8 Å². The van der Waals surface area contributed by atoms with Crippen LogP contribution in [0.5, 0.6) is 0 Å². The second-order valence-corrected chi connectivity index (χ2v) is 3.86. The Bertz CT molecular complexity index is 334. The molecule has 4 heteroatoms. The highest BCUT2D eigenvalue weighted by Crippen LogP contribution is 2.45. The number of nitriles is 2. The van der Waals surface area contributed by atoms with Crippen molar-refractivity contribution in [2.75, 3.05) is 6.61 Å². The van der Waals surface area contributed by atoms with Gasteiger partial charge in [0.2, 0.25) is 0 Å². The molecule has 88 valence electrons. The van der Waals surface area contributed by atoms with E-state index in [1.165, 1.54) is 6.92 Å². The van der Waals surface area contributed by atoms with Gasteiger partial charge in [0.05, 0.1) is 24.2 Å². The van der Waals surface area contributed by atoms with Crippen LogP contribution in [0.3, 0.4) is 0 Å². The molecule has 0 saturated carbocycles. The molecule has 0 bridgehead atoms. The predicted octanol–water partition coefficient (Wildman–Crippen LogP) is 2.41. The zero-order chi connectivity index (χ0) is 12.8.